The lowest BCUT2D eigenvalue weighted by Gasteiger charge is -2.11. The fourth-order valence-electron chi connectivity index (χ4n) is 2.10. The summed E-state index contributed by atoms with van der Waals surface area (Å²) in [6.07, 6.45) is 10.3. The number of rotatable bonds is 1. The second-order valence-electron chi connectivity index (χ2n) is 4.08. The van der Waals surface area contributed by atoms with Crippen LogP contribution in [0.4, 0.5) is 0 Å². The van der Waals surface area contributed by atoms with E-state index >= 15 is 0 Å². The molecule has 0 bridgehead atoms. The monoisotopic (exact) mass is 206 g/mol. The van der Waals surface area contributed by atoms with Gasteiger partial charge in [0.05, 0.1) is 0 Å². The van der Waals surface area contributed by atoms with Crippen molar-refractivity contribution in [2.75, 3.05) is 7.05 Å². The van der Waals surface area contributed by atoms with E-state index in [2.05, 4.69) is 11.6 Å². The van der Waals surface area contributed by atoms with Crippen molar-refractivity contribution in [3.63, 3.8) is 0 Å². The summed E-state index contributed by atoms with van der Waals surface area (Å²) >= 11 is 0. The van der Waals surface area contributed by atoms with Gasteiger partial charge in [-0.15, -0.1) is 0 Å². The molecule has 1 fully saturated rings. The molecule has 2 heteroatoms. The van der Waals surface area contributed by atoms with Crippen LogP contribution in [-0.4, -0.2) is 12.8 Å². The summed E-state index contributed by atoms with van der Waals surface area (Å²) in [6.45, 7) is 3.74. The number of aliphatic imine (C=N–C) groups is 1. The Bertz CT molecular complexity index is 274. The number of nitrogens with two attached hydrogens (primary N) is 1. The third-order valence-corrected chi connectivity index (χ3v) is 3.03. The van der Waals surface area contributed by atoms with Crippen LogP contribution in [0.5, 0.6) is 0 Å². The van der Waals surface area contributed by atoms with Crippen molar-refractivity contribution in [3.05, 3.63) is 23.9 Å². The minimum atomic E-state index is 0.817. The van der Waals surface area contributed by atoms with E-state index in [1.807, 2.05) is 7.05 Å². The fourth-order valence-corrected chi connectivity index (χ4v) is 2.10. The van der Waals surface area contributed by atoms with Crippen molar-refractivity contribution in [1.29, 1.82) is 0 Å². The molecule has 1 saturated carbocycles. The van der Waals surface area contributed by atoms with Crippen molar-refractivity contribution in [3.8, 4) is 0 Å². The lowest BCUT2D eigenvalue weighted by atomic mass is 9.99. The van der Waals surface area contributed by atoms with E-state index in [0.717, 1.165) is 18.5 Å². The molecule has 84 valence electrons. The zero-order chi connectivity index (χ0) is 11.1. The standard InChI is InChI=1S/C13H22N2/c1-3-12(14)11-9-7-5-4-6-8-10-13(11)15-2/h3H,1,4-10,14H2,2H3/b12-11+,15-13?. The van der Waals surface area contributed by atoms with Gasteiger partial charge in [0.25, 0.3) is 0 Å². The van der Waals surface area contributed by atoms with Crippen LogP contribution in [0.3, 0.4) is 0 Å². The fraction of sp³-hybridized carbons (Fsp3) is 0.615. The van der Waals surface area contributed by atoms with Crippen LogP contribution in [-0.2, 0) is 0 Å². The summed E-state index contributed by atoms with van der Waals surface area (Å²) in [5.74, 6) is 0. The topological polar surface area (TPSA) is 38.4 Å². The number of nitrogens with zero attached hydrogens (tertiary/aromatic N) is 1. The van der Waals surface area contributed by atoms with Crippen LogP contribution in [0.2, 0.25) is 0 Å². The Balaban J connectivity index is 2.89. The first-order chi connectivity index (χ1) is 7.29. The molecule has 0 heterocycles. The first-order valence-corrected chi connectivity index (χ1v) is 5.86. The Morgan fingerprint density at radius 2 is 1.80 bits per heavy atom. The Morgan fingerprint density at radius 1 is 1.20 bits per heavy atom. The predicted molar refractivity (Wildman–Crippen MR) is 67.1 cm³/mol. The van der Waals surface area contributed by atoms with Gasteiger partial charge in [0.2, 0.25) is 0 Å². The average molecular weight is 206 g/mol. The molecule has 0 radical (unpaired) electrons. The normalized spacial score (nSPS) is 25.3. The smallest absolute Gasteiger partial charge is 0.0397 e. The van der Waals surface area contributed by atoms with Crippen LogP contribution in [0.25, 0.3) is 0 Å². The van der Waals surface area contributed by atoms with Crippen LogP contribution in [0, 0.1) is 0 Å². The van der Waals surface area contributed by atoms with E-state index in [1.165, 1.54) is 43.4 Å². The molecule has 0 amide bonds. The zero-order valence-corrected chi connectivity index (χ0v) is 9.76. The minimum Gasteiger partial charge on any atom is -0.398 e. The Labute approximate surface area is 93.0 Å². The maximum atomic E-state index is 5.97. The summed E-state index contributed by atoms with van der Waals surface area (Å²) in [5.41, 5.74) is 9.20. The highest BCUT2D eigenvalue weighted by atomic mass is 14.7. The van der Waals surface area contributed by atoms with Gasteiger partial charge in [0, 0.05) is 18.5 Å². The van der Waals surface area contributed by atoms with Crippen molar-refractivity contribution in [2.45, 2.75) is 44.9 Å². The third kappa shape index (κ3) is 3.54. The van der Waals surface area contributed by atoms with Gasteiger partial charge in [-0.25, -0.2) is 0 Å². The molecule has 1 aliphatic rings. The molecule has 0 spiro atoms. The van der Waals surface area contributed by atoms with Gasteiger partial charge in [-0.3, -0.25) is 4.99 Å². The second kappa shape index (κ2) is 6.44. The Morgan fingerprint density at radius 3 is 2.40 bits per heavy atom. The van der Waals surface area contributed by atoms with E-state index in [-0.39, 0.29) is 0 Å². The third-order valence-electron chi connectivity index (χ3n) is 3.03. The summed E-state index contributed by atoms with van der Waals surface area (Å²) in [4.78, 5) is 4.37. The van der Waals surface area contributed by atoms with Crippen LogP contribution in [0.1, 0.15) is 44.9 Å². The summed E-state index contributed by atoms with van der Waals surface area (Å²) in [5, 5.41) is 0. The van der Waals surface area contributed by atoms with Crippen molar-refractivity contribution in [1.82, 2.24) is 0 Å². The molecule has 0 aromatic heterocycles. The molecule has 2 nitrogen and oxygen atoms in total. The minimum absolute atomic E-state index is 0.817. The van der Waals surface area contributed by atoms with E-state index < -0.39 is 0 Å². The van der Waals surface area contributed by atoms with Crippen LogP contribution in [0.15, 0.2) is 28.9 Å². The number of hydrogen-bond donors (Lipinski definition) is 1. The molecule has 0 atom stereocenters. The SMILES string of the molecule is C=C/C(N)=C1/CCCCCCCC1=NC. The maximum absolute atomic E-state index is 5.97. The van der Waals surface area contributed by atoms with Gasteiger partial charge in [0.1, 0.15) is 0 Å². The van der Waals surface area contributed by atoms with E-state index in [4.69, 9.17) is 5.73 Å². The molecule has 2 N–H and O–H groups in total. The van der Waals surface area contributed by atoms with Gasteiger partial charge in [0.15, 0.2) is 0 Å². The lowest BCUT2D eigenvalue weighted by molar-refractivity contribution is 0.635. The molecule has 0 saturated heterocycles. The quantitative estimate of drug-likeness (QED) is 0.703. The Kier molecular flexibility index (Phi) is 5.16. The van der Waals surface area contributed by atoms with Crippen LogP contribution >= 0.6 is 0 Å². The average Bonchev–Trinajstić information content (AvgIpc) is 2.38. The molecule has 0 aromatic carbocycles. The van der Waals surface area contributed by atoms with Crippen LogP contribution < -0.4 is 5.73 Å². The van der Waals surface area contributed by atoms with Gasteiger partial charge in [-0.2, -0.15) is 0 Å². The Hall–Kier alpha value is -1.05. The van der Waals surface area contributed by atoms with E-state index in [0.29, 0.717) is 0 Å². The largest absolute Gasteiger partial charge is 0.398 e. The van der Waals surface area contributed by atoms with E-state index in [9.17, 15) is 0 Å². The van der Waals surface area contributed by atoms with E-state index in [1.54, 1.807) is 6.08 Å². The van der Waals surface area contributed by atoms with Gasteiger partial charge < -0.3 is 5.73 Å². The summed E-state index contributed by atoms with van der Waals surface area (Å²) < 4.78 is 0. The van der Waals surface area contributed by atoms with Crippen molar-refractivity contribution in [2.24, 2.45) is 10.7 Å². The second-order valence-corrected chi connectivity index (χ2v) is 4.08. The molecular formula is C13H22N2. The highest BCUT2D eigenvalue weighted by Crippen LogP contribution is 2.21. The van der Waals surface area contributed by atoms with Gasteiger partial charge in [-0.05, 0) is 37.3 Å². The highest BCUT2D eigenvalue weighted by Gasteiger charge is 2.11. The maximum Gasteiger partial charge on any atom is 0.0397 e. The highest BCUT2D eigenvalue weighted by molar-refractivity contribution is 6.00. The molecular weight excluding hydrogens is 184 g/mol. The van der Waals surface area contributed by atoms with Crippen molar-refractivity contribution < 1.29 is 0 Å². The molecule has 0 unspecified atom stereocenters. The molecule has 1 aliphatic carbocycles. The lowest BCUT2D eigenvalue weighted by Crippen LogP contribution is -2.10. The zero-order valence-electron chi connectivity index (χ0n) is 9.76. The molecule has 0 aromatic rings. The predicted octanol–water partition coefficient (Wildman–Crippen LogP) is 3.20. The number of hydrogen-bond acceptors (Lipinski definition) is 2. The summed E-state index contributed by atoms with van der Waals surface area (Å²) in [7, 11) is 1.86. The summed E-state index contributed by atoms with van der Waals surface area (Å²) in [6, 6.07) is 0. The van der Waals surface area contributed by atoms with Crippen molar-refractivity contribution >= 4 is 5.71 Å². The number of allylic oxidation sites excluding steroid dienone is 2. The molecule has 0 aliphatic heterocycles. The molecule has 1 rings (SSSR count). The van der Waals surface area contributed by atoms with Gasteiger partial charge >= 0.3 is 0 Å². The first-order valence-electron chi connectivity index (χ1n) is 5.86. The molecule has 15 heavy (non-hydrogen) atoms. The van der Waals surface area contributed by atoms with Gasteiger partial charge in [-0.1, -0.05) is 25.8 Å². The first kappa shape index (κ1) is 12.0.